The van der Waals surface area contributed by atoms with Gasteiger partial charge in [0.05, 0.1) is 5.29 Å². The van der Waals surface area contributed by atoms with Gasteiger partial charge in [0.1, 0.15) is 6.04 Å². The molecule has 1 heterocycles. The monoisotopic (exact) mass is 242 g/mol. The predicted molar refractivity (Wildman–Crippen MR) is 65.5 cm³/mol. The van der Waals surface area contributed by atoms with E-state index in [4.69, 9.17) is 5.11 Å². The van der Waals surface area contributed by atoms with Crippen LogP contribution in [0.2, 0.25) is 0 Å². The molecule has 1 saturated heterocycles. The highest BCUT2D eigenvalue weighted by Crippen LogP contribution is 2.16. The predicted octanol–water partition coefficient (Wildman–Crippen LogP) is 2.95. The van der Waals surface area contributed by atoms with E-state index < -0.39 is 12.0 Å². The molecule has 0 saturated carbocycles. The average molecular weight is 242 g/mol. The molecule has 17 heavy (non-hydrogen) atoms. The molecule has 0 aliphatic carbocycles. The summed E-state index contributed by atoms with van der Waals surface area (Å²) in [5, 5.41) is 13.2. The number of hydrogen-bond acceptors (Lipinski definition) is 3. The number of nitrogens with zero attached hydrogens (tertiary/aromatic N) is 2. The zero-order valence-electron chi connectivity index (χ0n) is 10.3. The highest BCUT2D eigenvalue weighted by atomic mass is 16.4. The summed E-state index contributed by atoms with van der Waals surface area (Å²) in [6, 6.07) is -0.730. The van der Waals surface area contributed by atoms with E-state index in [0.717, 1.165) is 25.7 Å². The number of nitroso groups, excluding NO2 is 1. The second-order valence-electron chi connectivity index (χ2n) is 4.72. The molecule has 0 aromatic carbocycles. The van der Waals surface area contributed by atoms with Crippen LogP contribution < -0.4 is 0 Å². The maximum absolute atomic E-state index is 11.1. The Morgan fingerprint density at radius 2 is 1.53 bits per heavy atom. The molecule has 1 N–H and O–H groups in total. The van der Waals surface area contributed by atoms with Crippen LogP contribution in [0.3, 0.4) is 0 Å². The normalized spacial score (nSPS) is 24.5. The number of rotatable bonds is 2. The number of aliphatic carboxylic acids is 1. The molecule has 5 nitrogen and oxygen atoms in total. The first-order valence-corrected chi connectivity index (χ1v) is 6.58. The zero-order chi connectivity index (χ0) is 12.5. The maximum Gasteiger partial charge on any atom is 0.328 e. The number of carbonyl (C=O) groups is 1. The Labute approximate surface area is 102 Å². The van der Waals surface area contributed by atoms with Gasteiger partial charge >= 0.3 is 5.97 Å². The molecule has 1 rings (SSSR count). The van der Waals surface area contributed by atoms with Crippen LogP contribution in [-0.2, 0) is 4.79 Å². The molecular weight excluding hydrogens is 220 g/mol. The Balaban J connectivity index is 2.54. The van der Waals surface area contributed by atoms with Crippen LogP contribution in [0.25, 0.3) is 0 Å². The molecule has 5 heteroatoms. The summed E-state index contributed by atoms with van der Waals surface area (Å²) in [5.74, 6) is -0.929. The lowest BCUT2D eigenvalue weighted by Crippen LogP contribution is -2.38. The summed E-state index contributed by atoms with van der Waals surface area (Å²) in [7, 11) is 0. The lowest BCUT2D eigenvalue weighted by Gasteiger charge is -2.23. The quantitative estimate of drug-likeness (QED) is 0.756. The summed E-state index contributed by atoms with van der Waals surface area (Å²) in [5.41, 5.74) is 0. The molecule has 1 aliphatic heterocycles. The van der Waals surface area contributed by atoms with Crippen LogP contribution in [0.4, 0.5) is 0 Å². The molecular formula is C12H22N2O3. The highest BCUT2D eigenvalue weighted by molar-refractivity contribution is 5.73. The molecule has 0 amide bonds. The van der Waals surface area contributed by atoms with E-state index in [9.17, 15) is 9.70 Å². The fourth-order valence-electron chi connectivity index (χ4n) is 2.33. The lowest BCUT2D eigenvalue weighted by molar-refractivity contribution is -0.143. The van der Waals surface area contributed by atoms with E-state index >= 15 is 0 Å². The Hall–Kier alpha value is -1.13. The summed E-state index contributed by atoms with van der Waals surface area (Å²) < 4.78 is 0. The first kappa shape index (κ1) is 13.9. The minimum absolute atomic E-state index is 0.473. The fourth-order valence-corrected chi connectivity index (χ4v) is 2.33. The van der Waals surface area contributed by atoms with Gasteiger partial charge < -0.3 is 5.11 Å². The smallest absolute Gasteiger partial charge is 0.328 e. The van der Waals surface area contributed by atoms with Gasteiger partial charge in [0.25, 0.3) is 0 Å². The minimum atomic E-state index is -0.929. The lowest BCUT2D eigenvalue weighted by atomic mass is 10.0. The van der Waals surface area contributed by atoms with Crippen LogP contribution in [-0.4, -0.2) is 28.7 Å². The van der Waals surface area contributed by atoms with Gasteiger partial charge in [0.15, 0.2) is 0 Å². The summed E-state index contributed by atoms with van der Waals surface area (Å²) in [4.78, 5) is 21.8. The van der Waals surface area contributed by atoms with Gasteiger partial charge in [0.2, 0.25) is 0 Å². The zero-order valence-corrected chi connectivity index (χ0v) is 10.3. The van der Waals surface area contributed by atoms with Crippen molar-refractivity contribution >= 4 is 5.97 Å². The first-order valence-electron chi connectivity index (χ1n) is 6.58. The third-order valence-electron chi connectivity index (χ3n) is 3.36. The van der Waals surface area contributed by atoms with E-state index in [1.54, 1.807) is 0 Å². The topological polar surface area (TPSA) is 70.0 Å². The SMILES string of the molecule is O=NN1CCCCCCCCCCC1C(=O)O. The van der Waals surface area contributed by atoms with Gasteiger partial charge in [-0.3, -0.25) is 0 Å². The minimum Gasteiger partial charge on any atom is -0.480 e. The molecule has 0 radical (unpaired) electrons. The first-order chi connectivity index (χ1) is 8.25. The van der Waals surface area contributed by atoms with Crippen molar-refractivity contribution in [2.24, 2.45) is 5.29 Å². The molecule has 1 unspecified atom stereocenters. The molecule has 0 bridgehead atoms. The van der Waals surface area contributed by atoms with E-state index in [0.29, 0.717) is 13.0 Å². The van der Waals surface area contributed by atoms with Crippen molar-refractivity contribution in [2.75, 3.05) is 6.54 Å². The van der Waals surface area contributed by atoms with Crippen molar-refractivity contribution in [3.8, 4) is 0 Å². The maximum atomic E-state index is 11.1. The van der Waals surface area contributed by atoms with Crippen molar-refractivity contribution in [3.05, 3.63) is 4.91 Å². The van der Waals surface area contributed by atoms with Crippen LogP contribution in [0.15, 0.2) is 5.29 Å². The van der Waals surface area contributed by atoms with Crippen molar-refractivity contribution in [1.29, 1.82) is 0 Å². The van der Waals surface area contributed by atoms with Crippen LogP contribution in [0.5, 0.6) is 0 Å². The molecule has 0 aromatic heterocycles. The largest absolute Gasteiger partial charge is 0.480 e. The summed E-state index contributed by atoms with van der Waals surface area (Å²) in [6.07, 6.45) is 9.18. The molecule has 98 valence electrons. The van der Waals surface area contributed by atoms with Crippen molar-refractivity contribution in [1.82, 2.24) is 5.01 Å². The van der Waals surface area contributed by atoms with Gasteiger partial charge in [-0.05, 0) is 12.8 Å². The van der Waals surface area contributed by atoms with Crippen LogP contribution in [0.1, 0.15) is 57.8 Å². The summed E-state index contributed by atoms with van der Waals surface area (Å²) in [6.45, 7) is 0.473. The number of hydrogen-bond donors (Lipinski definition) is 1. The molecule has 0 spiro atoms. The number of carboxylic acids is 1. The fraction of sp³-hybridized carbons (Fsp3) is 0.917. The van der Waals surface area contributed by atoms with Crippen LogP contribution in [0, 0.1) is 4.91 Å². The molecule has 1 fully saturated rings. The van der Waals surface area contributed by atoms with Crippen LogP contribution >= 0.6 is 0 Å². The molecule has 0 aromatic rings. The second-order valence-corrected chi connectivity index (χ2v) is 4.72. The van der Waals surface area contributed by atoms with E-state index in [2.05, 4.69) is 5.29 Å². The standard InChI is InChI=1S/C12H22N2O3/c15-12(16)11-9-7-5-3-1-2-4-6-8-10-14(11)13-17/h11H,1-10H2,(H,15,16). The van der Waals surface area contributed by atoms with Crippen molar-refractivity contribution in [3.63, 3.8) is 0 Å². The average Bonchev–Trinajstić information content (AvgIpc) is 2.29. The second kappa shape index (κ2) is 8.03. The van der Waals surface area contributed by atoms with Gasteiger partial charge in [-0.1, -0.05) is 44.9 Å². The molecule has 1 atom stereocenters. The molecule has 1 aliphatic rings. The Kier molecular flexibility index (Phi) is 6.58. The Morgan fingerprint density at radius 3 is 2.06 bits per heavy atom. The number of carboxylic acid groups (broad SMARTS) is 1. The Morgan fingerprint density at radius 1 is 1.00 bits per heavy atom. The van der Waals surface area contributed by atoms with Crippen molar-refractivity contribution in [2.45, 2.75) is 63.8 Å². The van der Waals surface area contributed by atoms with E-state index in [-0.39, 0.29) is 0 Å². The third kappa shape index (κ3) is 5.15. The van der Waals surface area contributed by atoms with Crippen molar-refractivity contribution < 1.29 is 9.90 Å². The highest BCUT2D eigenvalue weighted by Gasteiger charge is 2.24. The van der Waals surface area contributed by atoms with Gasteiger partial charge in [0, 0.05) is 6.54 Å². The third-order valence-corrected chi connectivity index (χ3v) is 3.36. The van der Waals surface area contributed by atoms with E-state index in [1.165, 1.54) is 30.7 Å². The van der Waals surface area contributed by atoms with Gasteiger partial charge in [-0.2, -0.15) is 0 Å². The Bertz CT molecular complexity index is 246. The van der Waals surface area contributed by atoms with E-state index in [1.807, 2.05) is 0 Å². The summed E-state index contributed by atoms with van der Waals surface area (Å²) >= 11 is 0. The van der Waals surface area contributed by atoms with Gasteiger partial charge in [-0.15, -0.1) is 4.91 Å². The van der Waals surface area contributed by atoms with Gasteiger partial charge in [-0.25, -0.2) is 9.80 Å².